The maximum atomic E-state index is 6.17. The van der Waals surface area contributed by atoms with Crippen LogP contribution < -0.4 is 5.32 Å². The highest BCUT2D eigenvalue weighted by atomic mass is 35.5. The number of rotatable bonds is 1. The SMILES string of the molecule is CC1c2ccsc2CCN1C(=S)Nc1ccccc1Cl. The molecule has 20 heavy (non-hydrogen) atoms. The van der Waals surface area contributed by atoms with E-state index in [0.717, 1.165) is 23.8 Å². The summed E-state index contributed by atoms with van der Waals surface area (Å²) in [5.74, 6) is 0. The molecular weight excluding hydrogens is 308 g/mol. The van der Waals surface area contributed by atoms with Crippen molar-refractivity contribution in [3.63, 3.8) is 0 Å². The Hall–Kier alpha value is -1.10. The Morgan fingerprint density at radius 3 is 3.00 bits per heavy atom. The molecule has 0 aliphatic carbocycles. The second-order valence-electron chi connectivity index (χ2n) is 4.83. The molecule has 0 saturated heterocycles. The van der Waals surface area contributed by atoms with E-state index in [9.17, 15) is 0 Å². The first-order valence-electron chi connectivity index (χ1n) is 6.55. The van der Waals surface area contributed by atoms with E-state index >= 15 is 0 Å². The van der Waals surface area contributed by atoms with Crippen LogP contribution in [0.25, 0.3) is 0 Å². The number of halogens is 1. The zero-order valence-corrected chi connectivity index (χ0v) is 13.5. The van der Waals surface area contributed by atoms with Gasteiger partial charge in [-0.25, -0.2) is 0 Å². The summed E-state index contributed by atoms with van der Waals surface area (Å²) >= 11 is 13.6. The van der Waals surface area contributed by atoms with Crippen LogP contribution >= 0.6 is 35.2 Å². The van der Waals surface area contributed by atoms with Crippen molar-refractivity contribution in [3.05, 3.63) is 51.2 Å². The molecule has 3 rings (SSSR count). The fraction of sp³-hybridized carbons (Fsp3) is 0.267. The lowest BCUT2D eigenvalue weighted by atomic mass is 10.0. The Morgan fingerprint density at radius 2 is 2.20 bits per heavy atom. The van der Waals surface area contributed by atoms with Gasteiger partial charge in [0.15, 0.2) is 5.11 Å². The average molecular weight is 323 g/mol. The topological polar surface area (TPSA) is 15.3 Å². The summed E-state index contributed by atoms with van der Waals surface area (Å²) in [7, 11) is 0. The monoisotopic (exact) mass is 322 g/mol. The lowest BCUT2D eigenvalue weighted by Crippen LogP contribution is -2.40. The van der Waals surface area contributed by atoms with Crippen LogP contribution in [0.5, 0.6) is 0 Å². The minimum Gasteiger partial charge on any atom is -0.342 e. The summed E-state index contributed by atoms with van der Waals surface area (Å²) in [4.78, 5) is 3.71. The van der Waals surface area contributed by atoms with Crippen molar-refractivity contribution in [1.29, 1.82) is 0 Å². The molecule has 0 spiro atoms. The van der Waals surface area contributed by atoms with Crippen LogP contribution in [0.4, 0.5) is 5.69 Å². The zero-order valence-electron chi connectivity index (χ0n) is 11.1. The lowest BCUT2D eigenvalue weighted by molar-refractivity contribution is 0.326. The summed E-state index contributed by atoms with van der Waals surface area (Å²) in [6.07, 6.45) is 1.06. The maximum absolute atomic E-state index is 6.17. The quantitative estimate of drug-likeness (QED) is 0.765. The van der Waals surface area contributed by atoms with Gasteiger partial charge >= 0.3 is 0 Å². The fourth-order valence-electron chi connectivity index (χ4n) is 2.54. The van der Waals surface area contributed by atoms with Crippen molar-refractivity contribution in [3.8, 4) is 0 Å². The Kier molecular flexibility index (Phi) is 3.96. The predicted octanol–water partition coefficient (Wildman–Crippen LogP) is 4.72. The van der Waals surface area contributed by atoms with Crippen LogP contribution in [-0.4, -0.2) is 16.6 Å². The first-order valence-corrected chi connectivity index (χ1v) is 8.22. The molecule has 0 fully saturated rings. The maximum Gasteiger partial charge on any atom is 0.173 e. The third-order valence-electron chi connectivity index (χ3n) is 3.65. The third kappa shape index (κ3) is 2.55. The molecule has 2 heterocycles. The number of anilines is 1. The molecule has 0 bridgehead atoms. The number of thiophene rings is 1. The number of hydrogen-bond acceptors (Lipinski definition) is 2. The summed E-state index contributed by atoms with van der Waals surface area (Å²) in [5.41, 5.74) is 2.26. The van der Waals surface area contributed by atoms with Crippen LogP contribution in [0, 0.1) is 0 Å². The summed E-state index contributed by atoms with van der Waals surface area (Å²) in [6.45, 7) is 3.15. The van der Waals surface area contributed by atoms with Gasteiger partial charge < -0.3 is 10.2 Å². The van der Waals surface area contributed by atoms with Crippen molar-refractivity contribution in [1.82, 2.24) is 4.90 Å². The molecule has 2 aromatic rings. The van der Waals surface area contributed by atoms with Crippen LogP contribution in [-0.2, 0) is 6.42 Å². The van der Waals surface area contributed by atoms with Crippen molar-refractivity contribution in [2.24, 2.45) is 0 Å². The Labute approximate surface area is 133 Å². The van der Waals surface area contributed by atoms with Gasteiger partial charge in [-0.15, -0.1) is 11.3 Å². The average Bonchev–Trinajstić information content (AvgIpc) is 2.91. The number of benzene rings is 1. The molecule has 1 unspecified atom stereocenters. The van der Waals surface area contributed by atoms with Gasteiger partial charge in [0.25, 0.3) is 0 Å². The molecule has 0 amide bonds. The summed E-state index contributed by atoms with van der Waals surface area (Å²) in [6, 6.07) is 10.2. The van der Waals surface area contributed by atoms with Crippen LogP contribution in [0.15, 0.2) is 35.7 Å². The smallest absolute Gasteiger partial charge is 0.173 e. The molecule has 1 aromatic heterocycles. The Morgan fingerprint density at radius 1 is 1.40 bits per heavy atom. The van der Waals surface area contributed by atoms with E-state index in [1.807, 2.05) is 35.6 Å². The van der Waals surface area contributed by atoms with Crippen molar-refractivity contribution in [2.75, 3.05) is 11.9 Å². The second-order valence-corrected chi connectivity index (χ2v) is 6.62. The molecular formula is C15H15ClN2S2. The molecule has 0 radical (unpaired) electrons. The van der Waals surface area contributed by atoms with Crippen LogP contribution in [0.2, 0.25) is 5.02 Å². The Bertz CT molecular complexity index is 638. The molecule has 1 N–H and O–H groups in total. The van der Waals surface area contributed by atoms with Gasteiger partial charge in [0.05, 0.1) is 16.8 Å². The van der Waals surface area contributed by atoms with Gasteiger partial charge in [0.1, 0.15) is 0 Å². The molecule has 1 aromatic carbocycles. The highest BCUT2D eigenvalue weighted by Crippen LogP contribution is 2.33. The first-order chi connectivity index (χ1) is 9.66. The molecule has 1 aliphatic rings. The number of hydrogen-bond donors (Lipinski definition) is 1. The zero-order chi connectivity index (χ0) is 14.1. The molecule has 1 aliphatic heterocycles. The van der Waals surface area contributed by atoms with Gasteiger partial charge in [-0.3, -0.25) is 0 Å². The summed E-state index contributed by atoms with van der Waals surface area (Å²) in [5, 5.41) is 6.85. The lowest BCUT2D eigenvalue weighted by Gasteiger charge is -2.35. The summed E-state index contributed by atoms with van der Waals surface area (Å²) < 4.78 is 0. The Balaban J connectivity index is 1.77. The molecule has 104 valence electrons. The number of para-hydroxylation sites is 1. The predicted molar refractivity (Wildman–Crippen MR) is 90.8 cm³/mol. The van der Waals surface area contributed by atoms with Gasteiger partial charge in [-0.05, 0) is 54.7 Å². The van der Waals surface area contributed by atoms with Gasteiger partial charge in [0, 0.05) is 11.4 Å². The fourth-order valence-corrected chi connectivity index (χ4v) is 4.04. The standard InChI is InChI=1S/C15H15ClN2S2/c1-10-11-7-9-20-14(11)6-8-18(10)15(19)17-13-5-3-2-4-12(13)16/h2-5,7,9-10H,6,8H2,1H3,(H,17,19). The van der Waals surface area contributed by atoms with E-state index in [2.05, 4.69) is 28.6 Å². The van der Waals surface area contributed by atoms with Gasteiger partial charge in [0.2, 0.25) is 0 Å². The second kappa shape index (κ2) is 5.72. The van der Waals surface area contributed by atoms with E-state index < -0.39 is 0 Å². The van der Waals surface area contributed by atoms with Crippen molar-refractivity contribution in [2.45, 2.75) is 19.4 Å². The largest absolute Gasteiger partial charge is 0.342 e. The van der Waals surface area contributed by atoms with E-state index in [4.69, 9.17) is 23.8 Å². The van der Waals surface area contributed by atoms with Crippen molar-refractivity contribution >= 4 is 46.0 Å². The first kappa shape index (κ1) is 13.9. The number of nitrogens with zero attached hydrogens (tertiary/aromatic N) is 1. The highest BCUT2D eigenvalue weighted by molar-refractivity contribution is 7.80. The minimum atomic E-state index is 0.312. The van der Waals surface area contributed by atoms with E-state index in [1.54, 1.807) is 0 Å². The number of nitrogens with one attached hydrogen (secondary N) is 1. The van der Waals surface area contributed by atoms with Crippen molar-refractivity contribution < 1.29 is 0 Å². The van der Waals surface area contributed by atoms with Gasteiger partial charge in [-0.2, -0.15) is 0 Å². The number of thiocarbonyl (C=S) groups is 1. The minimum absolute atomic E-state index is 0.312. The normalized spacial score (nSPS) is 17.7. The van der Waals surface area contributed by atoms with Crippen LogP contribution in [0.1, 0.15) is 23.4 Å². The highest BCUT2D eigenvalue weighted by Gasteiger charge is 2.26. The van der Waals surface area contributed by atoms with Crippen LogP contribution in [0.3, 0.4) is 0 Å². The number of fused-ring (bicyclic) bond motifs is 1. The van der Waals surface area contributed by atoms with E-state index in [0.29, 0.717) is 11.1 Å². The van der Waals surface area contributed by atoms with Gasteiger partial charge in [-0.1, -0.05) is 23.7 Å². The molecule has 2 nitrogen and oxygen atoms in total. The molecule has 5 heteroatoms. The van der Waals surface area contributed by atoms with E-state index in [-0.39, 0.29) is 0 Å². The molecule has 1 atom stereocenters. The molecule has 0 saturated carbocycles. The van der Waals surface area contributed by atoms with E-state index in [1.165, 1.54) is 10.4 Å². The third-order valence-corrected chi connectivity index (χ3v) is 5.32.